The van der Waals surface area contributed by atoms with Crippen LogP contribution in [0.4, 0.5) is 0 Å². The molecule has 1 aliphatic rings. The average molecular weight is 325 g/mol. The van der Waals surface area contributed by atoms with Gasteiger partial charge in [0, 0.05) is 11.4 Å². The highest BCUT2D eigenvalue weighted by molar-refractivity contribution is 7.98. The Bertz CT molecular complexity index is 464. The van der Waals surface area contributed by atoms with E-state index in [1.807, 2.05) is 23.6 Å². The maximum atomic E-state index is 12.3. The SMILES string of the molecule is CSCCCCN1C(=O)C(C)NC1c1ccc(SC)cc1. The summed E-state index contributed by atoms with van der Waals surface area (Å²) in [6.07, 6.45) is 6.46. The van der Waals surface area contributed by atoms with Crippen LogP contribution in [0, 0.1) is 0 Å². The number of carbonyl (C=O) groups excluding carboxylic acids is 1. The second kappa shape index (κ2) is 8.11. The highest BCUT2D eigenvalue weighted by Gasteiger charge is 2.36. The van der Waals surface area contributed by atoms with Crippen LogP contribution in [0.2, 0.25) is 0 Å². The number of rotatable bonds is 7. The van der Waals surface area contributed by atoms with Gasteiger partial charge in [-0.25, -0.2) is 0 Å². The van der Waals surface area contributed by atoms with Crippen molar-refractivity contribution in [1.82, 2.24) is 10.2 Å². The van der Waals surface area contributed by atoms with Gasteiger partial charge < -0.3 is 4.90 Å². The van der Waals surface area contributed by atoms with Gasteiger partial charge in [0.05, 0.1) is 6.04 Å². The molecule has 2 atom stereocenters. The fourth-order valence-electron chi connectivity index (χ4n) is 2.60. The lowest BCUT2D eigenvalue weighted by Crippen LogP contribution is -2.31. The smallest absolute Gasteiger partial charge is 0.241 e. The topological polar surface area (TPSA) is 32.3 Å². The fourth-order valence-corrected chi connectivity index (χ4v) is 3.51. The summed E-state index contributed by atoms with van der Waals surface area (Å²) in [4.78, 5) is 15.6. The van der Waals surface area contributed by atoms with Gasteiger partial charge in [-0.1, -0.05) is 12.1 Å². The van der Waals surface area contributed by atoms with Gasteiger partial charge in [0.1, 0.15) is 6.17 Å². The van der Waals surface area contributed by atoms with E-state index in [2.05, 4.69) is 42.1 Å². The van der Waals surface area contributed by atoms with E-state index in [9.17, 15) is 4.79 Å². The van der Waals surface area contributed by atoms with Gasteiger partial charge in [-0.2, -0.15) is 11.8 Å². The number of carbonyl (C=O) groups is 1. The van der Waals surface area contributed by atoms with E-state index in [-0.39, 0.29) is 18.1 Å². The summed E-state index contributed by atoms with van der Waals surface area (Å²) >= 11 is 3.60. The Morgan fingerprint density at radius 3 is 2.52 bits per heavy atom. The van der Waals surface area contributed by atoms with E-state index in [1.165, 1.54) is 10.5 Å². The third-order valence-corrected chi connectivity index (χ3v) is 5.24. The molecule has 0 aromatic heterocycles. The van der Waals surface area contributed by atoms with Crippen molar-refractivity contribution in [2.45, 2.75) is 36.9 Å². The Labute approximate surface area is 136 Å². The normalized spacial score (nSPS) is 22.0. The minimum Gasteiger partial charge on any atom is -0.322 e. The lowest BCUT2D eigenvalue weighted by molar-refractivity contribution is -0.129. The third kappa shape index (κ3) is 4.18. The van der Waals surface area contributed by atoms with Crippen molar-refractivity contribution in [2.24, 2.45) is 0 Å². The largest absolute Gasteiger partial charge is 0.322 e. The quantitative estimate of drug-likeness (QED) is 0.616. The van der Waals surface area contributed by atoms with Crippen LogP contribution in [0.25, 0.3) is 0 Å². The Balaban J connectivity index is 2.05. The molecule has 1 aromatic carbocycles. The number of thioether (sulfide) groups is 2. The first-order chi connectivity index (χ1) is 10.2. The van der Waals surface area contributed by atoms with Gasteiger partial charge in [-0.3, -0.25) is 10.1 Å². The average Bonchev–Trinajstić information content (AvgIpc) is 2.80. The summed E-state index contributed by atoms with van der Waals surface area (Å²) in [5.41, 5.74) is 1.18. The van der Waals surface area contributed by atoms with E-state index in [0.717, 1.165) is 25.1 Å². The van der Waals surface area contributed by atoms with Gasteiger partial charge in [0.25, 0.3) is 0 Å². The number of hydrogen-bond acceptors (Lipinski definition) is 4. The van der Waals surface area contributed by atoms with Gasteiger partial charge in [0.2, 0.25) is 5.91 Å². The van der Waals surface area contributed by atoms with Crippen molar-refractivity contribution in [3.63, 3.8) is 0 Å². The lowest BCUT2D eigenvalue weighted by Gasteiger charge is -2.24. The zero-order chi connectivity index (χ0) is 15.2. The number of unbranched alkanes of at least 4 members (excludes halogenated alkanes) is 1. The molecule has 1 aromatic rings. The molecule has 1 N–H and O–H groups in total. The van der Waals surface area contributed by atoms with Crippen molar-refractivity contribution in [1.29, 1.82) is 0 Å². The maximum absolute atomic E-state index is 12.3. The Kier molecular flexibility index (Phi) is 6.45. The zero-order valence-corrected chi connectivity index (χ0v) is 14.6. The van der Waals surface area contributed by atoms with E-state index in [1.54, 1.807) is 11.8 Å². The molecule has 3 nitrogen and oxygen atoms in total. The molecular formula is C16H24N2OS2. The molecule has 0 aliphatic carbocycles. The second-order valence-electron chi connectivity index (χ2n) is 5.30. The minimum atomic E-state index is -0.0872. The van der Waals surface area contributed by atoms with Crippen LogP contribution in [-0.4, -0.2) is 41.7 Å². The number of nitrogens with zero attached hydrogens (tertiary/aromatic N) is 1. The monoisotopic (exact) mass is 324 g/mol. The molecule has 1 fully saturated rings. The molecule has 1 saturated heterocycles. The third-order valence-electron chi connectivity index (χ3n) is 3.80. The van der Waals surface area contributed by atoms with E-state index < -0.39 is 0 Å². The molecule has 0 bridgehead atoms. The zero-order valence-electron chi connectivity index (χ0n) is 13.0. The van der Waals surface area contributed by atoms with Crippen LogP contribution in [-0.2, 0) is 4.79 Å². The van der Waals surface area contributed by atoms with Gasteiger partial charge in [0.15, 0.2) is 0 Å². The van der Waals surface area contributed by atoms with Crippen LogP contribution in [0.15, 0.2) is 29.2 Å². The first-order valence-corrected chi connectivity index (χ1v) is 9.98. The molecule has 2 rings (SSSR count). The van der Waals surface area contributed by atoms with Crippen LogP contribution in [0.5, 0.6) is 0 Å². The van der Waals surface area contributed by atoms with Crippen LogP contribution in [0.1, 0.15) is 31.5 Å². The Morgan fingerprint density at radius 2 is 1.90 bits per heavy atom. The highest BCUT2D eigenvalue weighted by Crippen LogP contribution is 2.27. The lowest BCUT2D eigenvalue weighted by atomic mass is 10.1. The molecule has 2 unspecified atom stereocenters. The minimum absolute atomic E-state index is 0.0256. The molecule has 116 valence electrons. The van der Waals surface area contributed by atoms with E-state index >= 15 is 0 Å². The van der Waals surface area contributed by atoms with Crippen molar-refractivity contribution >= 4 is 29.4 Å². The summed E-state index contributed by atoms with van der Waals surface area (Å²) in [5, 5.41) is 3.41. The first-order valence-electron chi connectivity index (χ1n) is 7.36. The summed E-state index contributed by atoms with van der Waals surface area (Å²) in [6, 6.07) is 8.42. The summed E-state index contributed by atoms with van der Waals surface area (Å²) in [5.74, 6) is 1.39. The summed E-state index contributed by atoms with van der Waals surface area (Å²) < 4.78 is 0. The number of amides is 1. The molecule has 0 radical (unpaired) electrons. The van der Waals surface area contributed by atoms with Crippen LogP contribution < -0.4 is 5.32 Å². The molecule has 1 aliphatic heterocycles. The fraction of sp³-hybridized carbons (Fsp3) is 0.562. The number of benzene rings is 1. The standard InChI is InChI=1S/C16H24N2OS2/c1-12-16(19)18(10-4-5-11-20-2)15(17-12)13-6-8-14(21-3)9-7-13/h6-9,12,15,17H,4-5,10-11H2,1-3H3. The van der Waals surface area contributed by atoms with Crippen molar-refractivity contribution in [2.75, 3.05) is 24.8 Å². The number of hydrogen-bond donors (Lipinski definition) is 1. The van der Waals surface area contributed by atoms with Gasteiger partial charge in [-0.05, 0) is 55.7 Å². The molecule has 0 spiro atoms. The van der Waals surface area contributed by atoms with Crippen molar-refractivity contribution < 1.29 is 4.79 Å². The first kappa shape index (κ1) is 16.7. The van der Waals surface area contributed by atoms with Gasteiger partial charge in [-0.15, -0.1) is 11.8 Å². The Hall–Kier alpha value is -0.650. The van der Waals surface area contributed by atoms with E-state index in [4.69, 9.17) is 0 Å². The molecule has 1 amide bonds. The van der Waals surface area contributed by atoms with Crippen LogP contribution in [0.3, 0.4) is 0 Å². The Morgan fingerprint density at radius 1 is 1.19 bits per heavy atom. The molecule has 21 heavy (non-hydrogen) atoms. The molecule has 5 heteroatoms. The predicted molar refractivity (Wildman–Crippen MR) is 92.9 cm³/mol. The van der Waals surface area contributed by atoms with Crippen molar-refractivity contribution in [3.8, 4) is 0 Å². The van der Waals surface area contributed by atoms with Crippen molar-refractivity contribution in [3.05, 3.63) is 29.8 Å². The molecule has 0 saturated carbocycles. The summed E-state index contributed by atoms with van der Waals surface area (Å²) in [6.45, 7) is 2.79. The second-order valence-corrected chi connectivity index (χ2v) is 7.16. The van der Waals surface area contributed by atoms with Crippen LogP contribution >= 0.6 is 23.5 Å². The summed E-state index contributed by atoms with van der Waals surface area (Å²) in [7, 11) is 0. The van der Waals surface area contributed by atoms with Gasteiger partial charge >= 0.3 is 0 Å². The van der Waals surface area contributed by atoms with E-state index in [0.29, 0.717) is 0 Å². The highest BCUT2D eigenvalue weighted by atomic mass is 32.2. The molecular weight excluding hydrogens is 300 g/mol. The maximum Gasteiger partial charge on any atom is 0.241 e. The predicted octanol–water partition coefficient (Wildman–Crippen LogP) is 3.37. The number of nitrogens with one attached hydrogen (secondary N) is 1. The molecule has 1 heterocycles.